The second-order valence-corrected chi connectivity index (χ2v) is 7.72. The van der Waals surface area contributed by atoms with Crippen LogP contribution in [0.2, 0.25) is 0 Å². The summed E-state index contributed by atoms with van der Waals surface area (Å²) < 4.78 is 19.4. The predicted molar refractivity (Wildman–Crippen MR) is 93.4 cm³/mol. The molecule has 7 heteroatoms. The second kappa shape index (κ2) is 8.31. The minimum absolute atomic E-state index is 0.162. The van der Waals surface area contributed by atoms with Crippen LogP contribution in [-0.2, 0) is 6.54 Å². The fourth-order valence-corrected chi connectivity index (χ4v) is 3.39. The average molecular weight is 401 g/mol. The summed E-state index contributed by atoms with van der Waals surface area (Å²) in [6.07, 6.45) is 0. The fourth-order valence-electron chi connectivity index (χ4n) is 1.86. The zero-order valence-electron chi connectivity index (χ0n) is 12.9. The molecule has 0 spiro atoms. The molecule has 0 saturated carbocycles. The lowest BCUT2D eigenvalue weighted by molar-refractivity contribution is 0.195. The topological polar surface area (TPSA) is 41.6 Å². The number of benzene rings is 1. The lowest BCUT2D eigenvalue weighted by atomic mass is 10.3. The number of rotatable bonds is 6. The number of nitrogens with zero attached hydrogens (tertiary/aromatic N) is 1. The van der Waals surface area contributed by atoms with E-state index in [4.69, 9.17) is 4.74 Å². The number of amides is 2. The Balaban J connectivity index is 1.76. The summed E-state index contributed by atoms with van der Waals surface area (Å²) in [4.78, 5) is 14.8. The van der Waals surface area contributed by atoms with Gasteiger partial charge in [-0.3, -0.25) is 0 Å². The third kappa shape index (κ3) is 5.84. The summed E-state index contributed by atoms with van der Waals surface area (Å²) in [6, 6.07) is 9.42. The first-order valence-electron chi connectivity index (χ1n) is 7.08. The van der Waals surface area contributed by atoms with Crippen LogP contribution in [0.1, 0.15) is 11.8 Å². The zero-order valence-corrected chi connectivity index (χ0v) is 15.3. The van der Waals surface area contributed by atoms with Crippen molar-refractivity contribution in [1.29, 1.82) is 0 Å². The van der Waals surface area contributed by atoms with Gasteiger partial charge in [-0.25, -0.2) is 9.18 Å². The molecule has 0 fully saturated rings. The number of hydrogen-bond donors (Lipinski definition) is 1. The molecule has 0 saturated heterocycles. The molecule has 0 aliphatic rings. The van der Waals surface area contributed by atoms with E-state index in [2.05, 4.69) is 21.2 Å². The van der Waals surface area contributed by atoms with E-state index in [1.165, 1.54) is 12.1 Å². The van der Waals surface area contributed by atoms with Crippen molar-refractivity contribution in [3.63, 3.8) is 0 Å². The predicted octanol–water partition coefficient (Wildman–Crippen LogP) is 4.26. The standard InChI is InChI=1S/C16H18BrFN2O2S/c1-11(10-22-13-5-3-12(18)4-6-13)19-16(21)20(2)9-14-7-8-15(17)23-14/h3-8,11H,9-10H2,1-2H3,(H,19,21)/t11-/m1/s1. The van der Waals surface area contributed by atoms with Gasteiger partial charge in [0, 0.05) is 11.9 Å². The zero-order chi connectivity index (χ0) is 16.8. The van der Waals surface area contributed by atoms with Crippen molar-refractivity contribution < 1.29 is 13.9 Å². The van der Waals surface area contributed by atoms with Crippen molar-refractivity contribution in [3.8, 4) is 5.75 Å². The Labute approximate surface area is 147 Å². The molecule has 0 aliphatic heterocycles. The van der Waals surface area contributed by atoms with Gasteiger partial charge in [-0.05, 0) is 59.3 Å². The second-order valence-electron chi connectivity index (χ2n) is 5.18. The molecule has 0 bridgehead atoms. The molecule has 0 aliphatic carbocycles. The Kier molecular flexibility index (Phi) is 6.41. The highest BCUT2D eigenvalue weighted by atomic mass is 79.9. The third-order valence-electron chi connectivity index (χ3n) is 3.05. The highest BCUT2D eigenvalue weighted by Gasteiger charge is 2.13. The van der Waals surface area contributed by atoms with Gasteiger partial charge in [0.1, 0.15) is 18.2 Å². The number of halogens is 2. The van der Waals surface area contributed by atoms with Crippen molar-refractivity contribution >= 4 is 33.3 Å². The van der Waals surface area contributed by atoms with Crippen molar-refractivity contribution in [2.75, 3.05) is 13.7 Å². The monoisotopic (exact) mass is 400 g/mol. The van der Waals surface area contributed by atoms with Crippen molar-refractivity contribution in [2.45, 2.75) is 19.5 Å². The van der Waals surface area contributed by atoms with Gasteiger partial charge in [0.05, 0.1) is 16.4 Å². The van der Waals surface area contributed by atoms with E-state index in [9.17, 15) is 9.18 Å². The molecular weight excluding hydrogens is 383 g/mol. The highest BCUT2D eigenvalue weighted by Crippen LogP contribution is 2.22. The molecule has 0 radical (unpaired) electrons. The van der Waals surface area contributed by atoms with Gasteiger partial charge in [0.2, 0.25) is 0 Å². The molecule has 23 heavy (non-hydrogen) atoms. The number of carbonyl (C=O) groups is 1. The van der Waals surface area contributed by atoms with E-state index in [0.29, 0.717) is 18.9 Å². The van der Waals surface area contributed by atoms with Crippen molar-refractivity contribution in [3.05, 3.63) is 50.9 Å². The Morgan fingerprint density at radius 1 is 1.35 bits per heavy atom. The first kappa shape index (κ1) is 17.7. The molecule has 1 atom stereocenters. The molecule has 0 unspecified atom stereocenters. The molecular formula is C16H18BrFN2O2S. The summed E-state index contributed by atoms with van der Waals surface area (Å²) in [5, 5.41) is 2.87. The smallest absolute Gasteiger partial charge is 0.317 e. The lowest BCUT2D eigenvalue weighted by Gasteiger charge is -2.21. The van der Waals surface area contributed by atoms with Gasteiger partial charge in [-0.15, -0.1) is 11.3 Å². The number of urea groups is 1. The molecule has 124 valence electrons. The quantitative estimate of drug-likeness (QED) is 0.786. The largest absolute Gasteiger partial charge is 0.491 e. The summed E-state index contributed by atoms with van der Waals surface area (Å²) in [5.74, 6) is 0.268. The van der Waals surface area contributed by atoms with Gasteiger partial charge in [-0.2, -0.15) is 0 Å². The maximum Gasteiger partial charge on any atom is 0.317 e. The molecule has 2 rings (SSSR count). The Hall–Kier alpha value is -1.60. The van der Waals surface area contributed by atoms with Gasteiger partial charge in [0.15, 0.2) is 0 Å². The molecule has 1 aromatic heterocycles. The molecule has 1 aromatic carbocycles. The number of thiophene rings is 1. The minimum Gasteiger partial charge on any atom is -0.491 e. The lowest BCUT2D eigenvalue weighted by Crippen LogP contribution is -2.43. The van der Waals surface area contributed by atoms with Crippen LogP contribution in [0.15, 0.2) is 40.2 Å². The number of carbonyl (C=O) groups excluding carboxylic acids is 1. The van der Waals surface area contributed by atoms with Crippen LogP contribution < -0.4 is 10.1 Å². The minimum atomic E-state index is -0.305. The van der Waals surface area contributed by atoms with Gasteiger partial charge < -0.3 is 15.0 Å². The Bertz CT molecular complexity index is 648. The SMILES string of the molecule is C[C@H](COc1ccc(F)cc1)NC(=O)N(C)Cc1ccc(Br)s1. The number of ether oxygens (including phenoxy) is 1. The first-order valence-corrected chi connectivity index (χ1v) is 8.69. The van der Waals surface area contributed by atoms with E-state index in [1.54, 1.807) is 35.4 Å². The van der Waals surface area contributed by atoms with Crippen LogP contribution >= 0.6 is 27.3 Å². The maximum atomic E-state index is 12.8. The summed E-state index contributed by atoms with van der Waals surface area (Å²) in [6.45, 7) is 2.72. The van der Waals surface area contributed by atoms with E-state index in [1.807, 2.05) is 19.1 Å². The average Bonchev–Trinajstić information content (AvgIpc) is 2.91. The van der Waals surface area contributed by atoms with Crippen molar-refractivity contribution in [1.82, 2.24) is 10.2 Å². The van der Waals surface area contributed by atoms with Crippen LogP contribution in [0.25, 0.3) is 0 Å². The van der Waals surface area contributed by atoms with Crippen molar-refractivity contribution in [2.24, 2.45) is 0 Å². The summed E-state index contributed by atoms with van der Waals surface area (Å²) >= 11 is 5.01. The Morgan fingerprint density at radius 2 is 2.04 bits per heavy atom. The Morgan fingerprint density at radius 3 is 2.65 bits per heavy atom. The van der Waals surface area contributed by atoms with E-state index < -0.39 is 0 Å². The normalized spacial score (nSPS) is 11.8. The number of nitrogens with one attached hydrogen (secondary N) is 1. The molecule has 2 aromatic rings. The van der Waals surface area contributed by atoms with E-state index in [0.717, 1.165) is 8.66 Å². The third-order valence-corrected chi connectivity index (χ3v) is 4.66. The van der Waals surface area contributed by atoms with Crippen LogP contribution in [0.4, 0.5) is 9.18 Å². The fraction of sp³-hybridized carbons (Fsp3) is 0.312. The van der Waals surface area contributed by atoms with Crippen LogP contribution in [0, 0.1) is 5.82 Å². The van der Waals surface area contributed by atoms with Gasteiger partial charge in [-0.1, -0.05) is 0 Å². The van der Waals surface area contributed by atoms with Gasteiger partial charge >= 0.3 is 6.03 Å². The van der Waals surface area contributed by atoms with Crippen LogP contribution in [0.3, 0.4) is 0 Å². The summed E-state index contributed by atoms with van der Waals surface area (Å²) in [5.41, 5.74) is 0. The highest BCUT2D eigenvalue weighted by molar-refractivity contribution is 9.11. The first-order chi connectivity index (χ1) is 10.9. The van der Waals surface area contributed by atoms with Crippen LogP contribution in [0.5, 0.6) is 5.75 Å². The maximum absolute atomic E-state index is 12.8. The van der Waals surface area contributed by atoms with Gasteiger partial charge in [0.25, 0.3) is 0 Å². The molecule has 4 nitrogen and oxygen atoms in total. The molecule has 1 N–H and O–H groups in total. The van der Waals surface area contributed by atoms with E-state index in [-0.39, 0.29) is 17.9 Å². The molecule has 1 heterocycles. The van der Waals surface area contributed by atoms with E-state index >= 15 is 0 Å². The number of hydrogen-bond acceptors (Lipinski definition) is 3. The molecule has 2 amide bonds. The van der Waals surface area contributed by atoms with Crippen LogP contribution in [-0.4, -0.2) is 30.6 Å². The summed E-state index contributed by atoms with van der Waals surface area (Å²) in [7, 11) is 1.75.